The summed E-state index contributed by atoms with van der Waals surface area (Å²) in [5.74, 6) is 0. The first kappa shape index (κ1) is 9.98. The van der Waals surface area contributed by atoms with E-state index in [2.05, 4.69) is 0 Å². The minimum atomic E-state index is 0.510. The van der Waals surface area contributed by atoms with Gasteiger partial charge in [-0.25, -0.2) is 0 Å². The molecule has 0 bridgehead atoms. The minimum absolute atomic E-state index is 0.510. The molecule has 1 aromatic carbocycles. The van der Waals surface area contributed by atoms with Crippen molar-refractivity contribution in [1.29, 1.82) is 21.6 Å². The molecule has 0 unspecified atom stereocenters. The zero-order valence-electron chi connectivity index (χ0n) is 7.46. The Morgan fingerprint density at radius 1 is 0.643 bits per heavy atom. The summed E-state index contributed by atoms with van der Waals surface area (Å²) in [4.78, 5) is 0. The fraction of sp³-hybridized carbons (Fsp3) is 0. The van der Waals surface area contributed by atoms with Gasteiger partial charge >= 0.3 is 0 Å². The second kappa shape index (κ2) is 4.23. The molecule has 14 heavy (non-hydrogen) atoms. The summed E-state index contributed by atoms with van der Waals surface area (Å²) in [5.41, 5.74) is 2.19. The number of hydrogen-bond donors (Lipinski definition) is 4. The van der Waals surface area contributed by atoms with Crippen LogP contribution in [0.2, 0.25) is 0 Å². The van der Waals surface area contributed by atoms with Gasteiger partial charge in [-0.2, -0.15) is 0 Å². The third-order valence-electron chi connectivity index (χ3n) is 1.95. The Hall–Kier alpha value is -2.10. The molecule has 0 radical (unpaired) electrons. The lowest BCUT2D eigenvalue weighted by Crippen LogP contribution is -2.02. The smallest absolute Gasteiger partial charge is 0.0263 e. The van der Waals surface area contributed by atoms with E-state index in [1.165, 1.54) is 0 Å². The van der Waals surface area contributed by atoms with E-state index in [0.717, 1.165) is 24.9 Å². The van der Waals surface area contributed by atoms with E-state index in [4.69, 9.17) is 21.6 Å². The average Bonchev–Trinajstić information content (AvgIpc) is 2.26. The lowest BCUT2D eigenvalue weighted by molar-refractivity contribution is 1.45. The van der Waals surface area contributed by atoms with Gasteiger partial charge in [-0.15, -0.1) is 0 Å². The summed E-state index contributed by atoms with van der Waals surface area (Å²) in [6, 6.07) is 3.33. The summed E-state index contributed by atoms with van der Waals surface area (Å²) in [5, 5.41) is 28.6. The maximum Gasteiger partial charge on any atom is 0.0263 e. The van der Waals surface area contributed by atoms with Crippen molar-refractivity contribution in [2.24, 2.45) is 0 Å². The van der Waals surface area contributed by atoms with Gasteiger partial charge in [0, 0.05) is 47.1 Å². The number of nitrogens with one attached hydrogen (secondary N) is 4. The van der Waals surface area contributed by atoms with Gasteiger partial charge in [0.1, 0.15) is 0 Å². The summed E-state index contributed by atoms with van der Waals surface area (Å²) < 4.78 is 0. The molecule has 4 N–H and O–H groups in total. The van der Waals surface area contributed by atoms with Crippen LogP contribution in [0.5, 0.6) is 0 Å². The van der Waals surface area contributed by atoms with E-state index in [0.29, 0.717) is 22.3 Å². The molecule has 0 amide bonds. The third-order valence-corrected chi connectivity index (χ3v) is 1.95. The highest BCUT2D eigenvalue weighted by atomic mass is 14.4. The lowest BCUT2D eigenvalue weighted by atomic mass is 9.98. The summed E-state index contributed by atoms with van der Waals surface area (Å²) >= 11 is 0. The Morgan fingerprint density at radius 3 is 1.21 bits per heavy atom. The molecule has 0 aliphatic carbocycles. The minimum Gasteiger partial charge on any atom is -0.308 e. The summed E-state index contributed by atoms with van der Waals surface area (Å²) in [7, 11) is 0. The monoisotopic (exact) mass is 186 g/mol. The van der Waals surface area contributed by atoms with Gasteiger partial charge < -0.3 is 21.6 Å². The average molecular weight is 186 g/mol. The van der Waals surface area contributed by atoms with E-state index in [1.54, 1.807) is 12.1 Å². The van der Waals surface area contributed by atoms with Crippen LogP contribution in [-0.4, -0.2) is 24.9 Å². The maximum atomic E-state index is 7.20. The van der Waals surface area contributed by atoms with E-state index < -0.39 is 0 Å². The van der Waals surface area contributed by atoms with E-state index in [1.807, 2.05) is 0 Å². The van der Waals surface area contributed by atoms with Gasteiger partial charge in [0.15, 0.2) is 0 Å². The standard InChI is InChI=1S/C10H10N4/c11-3-7-1-2-8(4-12)10(6-14)9(7)5-13/h1-6,11-14H. The molecule has 0 heterocycles. The van der Waals surface area contributed by atoms with E-state index in [9.17, 15) is 0 Å². The Bertz CT molecular complexity index is 368. The molecule has 1 aromatic rings. The van der Waals surface area contributed by atoms with Crippen LogP contribution in [0.15, 0.2) is 12.1 Å². The molecule has 0 fully saturated rings. The normalized spacial score (nSPS) is 9.14. The van der Waals surface area contributed by atoms with Crippen molar-refractivity contribution in [3.8, 4) is 0 Å². The van der Waals surface area contributed by atoms with Crippen LogP contribution in [0.3, 0.4) is 0 Å². The second-order valence-electron chi connectivity index (χ2n) is 2.65. The molecule has 4 heteroatoms. The van der Waals surface area contributed by atoms with Crippen molar-refractivity contribution in [1.82, 2.24) is 0 Å². The topological polar surface area (TPSA) is 95.4 Å². The fourth-order valence-electron chi connectivity index (χ4n) is 1.24. The number of benzene rings is 1. The van der Waals surface area contributed by atoms with Crippen molar-refractivity contribution in [3.63, 3.8) is 0 Å². The van der Waals surface area contributed by atoms with Crippen molar-refractivity contribution in [2.45, 2.75) is 0 Å². The first-order valence-corrected chi connectivity index (χ1v) is 3.97. The van der Waals surface area contributed by atoms with Crippen LogP contribution >= 0.6 is 0 Å². The molecule has 0 saturated carbocycles. The maximum absolute atomic E-state index is 7.20. The van der Waals surface area contributed by atoms with Crippen molar-refractivity contribution in [3.05, 3.63) is 34.4 Å². The largest absolute Gasteiger partial charge is 0.308 e. The van der Waals surface area contributed by atoms with Gasteiger partial charge in [0.05, 0.1) is 0 Å². The highest BCUT2D eigenvalue weighted by molar-refractivity contribution is 6.05. The molecule has 0 aromatic heterocycles. The van der Waals surface area contributed by atoms with Crippen LogP contribution in [0.1, 0.15) is 22.3 Å². The highest BCUT2D eigenvalue weighted by Gasteiger charge is 2.06. The molecule has 0 aliphatic heterocycles. The van der Waals surface area contributed by atoms with Crippen LogP contribution in [0, 0.1) is 21.6 Å². The van der Waals surface area contributed by atoms with Crippen LogP contribution in [0.4, 0.5) is 0 Å². The molecular weight excluding hydrogens is 176 g/mol. The van der Waals surface area contributed by atoms with Crippen LogP contribution in [-0.2, 0) is 0 Å². The zero-order valence-corrected chi connectivity index (χ0v) is 7.46. The van der Waals surface area contributed by atoms with Crippen molar-refractivity contribution < 1.29 is 0 Å². The van der Waals surface area contributed by atoms with Gasteiger partial charge in [-0.05, 0) is 0 Å². The van der Waals surface area contributed by atoms with Gasteiger partial charge in [-0.3, -0.25) is 0 Å². The SMILES string of the molecule is N=Cc1ccc(C=N)c(C=N)c1C=N. The first-order chi connectivity index (χ1) is 6.78. The van der Waals surface area contributed by atoms with Gasteiger partial charge in [0.2, 0.25) is 0 Å². The molecule has 4 nitrogen and oxygen atoms in total. The van der Waals surface area contributed by atoms with Crippen LogP contribution in [0.25, 0.3) is 0 Å². The van der Waals surface area contributed by atoms with Gasteiger partial charge in [0.25, 0.3) is 0 Å². The van der Waals surface area contributed by atoms with Crippen LogP contribution < -0.4 is 0 Å². The third kappa shape index (κ3) is 1.50. The predicted octanol–water partition coefficient (Wildman–Crippen LogP) is 1.68. The Morgan fingerprint density at radius 2 is 1.00 bits per heavy atom. The van der Waals surface area contributed by atoms with Crippen molar-refractivity contribution >= 4 is 24.9 Å². The molecule has 0 atom stereocenters. The van der Waals surface area contributed by atoms with E-state index >= 15 is 0 Å². The molecule has 0 spiro atoms. The Labute approximate surface area is 81.6 Å². The van der Waals surface area contributed by atoms with E-state index in [-0.39, 0.29) is 0 Å². The molecule has 1 rings (SSSR count). The first-order valence-electron chi connectivity index (χ1n) is 3.97. The summed E-state index contributed by atoms with van der Waals surface area (Å²) in [6.07, 6.45) is 4.49. The summed E-state index contributed by atoms with van der Waals surface area (Å²) in [6.45, 7) is 0. The Kier molecular flexibility index (Phi) is 3.01. The highest BCUT2D eigenvalue weighted by Crippen LogP contribution is 2.13. The number of rotatable bonds is 4. The molecule has 0 aliphatic rings. The second-order valence-corrected chi connectivity index (χ2v) is 2.65. The van der Waals surface area contributed by atoms with Gasteiger partial charge in [-0.1, -0.05) is 12.1 Å². The molecular formula is C10H10N4. The predicted molar refractivity (Wildman–Crippen MR) is 58.0 cm³/mol. The fourth-order valence-corrected chi connectivity index (χ4v) is 1.24. The number of hydrogen-bond acceptors (Lipinski definition) is 4. The Balaban J connectivity index is 3.58. The quantitative estimate of drug-likeness (QED) is 0.515. The molecule has 70 valence electrons. The van der Waals surface area contributed by atoms with Crippen molar-refractivity contribution in [2.75, 3.05) is 0 Å². The lowest BCUT2D eigenvalue weighted by Gasteiger charge is -2.06. The molecule has 0 saturated heterocycles. The zero-order chi connectivity index (χ0) is 10.6.